The number of carboxylic acids is 1. The van der Waals surface area contributed by atoms with Crippen molar-refractivity contribution >= 4 is 29.3 Å². The van der Waals surface area contributed by atoms with E-state index in [-0.39, 0.29) is 12.6 Å². The van der Waals surface area contributed by atoms with Crippen LogP contribution in [0.3, 0.4) is 0 Å². The van der Waals surface area contributed by atoms with Crippen molar-refractivity contribution in [3.05, 3.63) is 23.2 Å². The normalized spacial score (nSPS) is 17.7. The highest BCUT2D eigenvalue weighted by Gasteiger charge is 2.28. The lowest BCUT2D eigenvalue weighted by Crippen LogP contribution is -2.44. The molecule has 0 aliphatic carbocycles. The summed E-state index contributed by atoms with van der Waals surface area (Å²) in [7, 11) is 0. The molecule has 1 aliphatic rings. The fourth-order valence-corrected chi connectivity index (χ4v) is 2.67. The molecule has 1 aliphatic heterocycles. The molecule has 0 saturated carbocycles. The highest BCUT2D eigenvalue weighted by atomic mass is 35.5. The number of piperidine rings is 1. The molecule has 0 aromatic heterocycles. The minimum atomic E-state index is -0.864. The van der Waals surface area contributed by atoms with Gasteiger partial charge in [0.25, 0.3) is 0 Å². The van der Waals surface area contributed by atoms with E-state index in [4.69, 9.17) is 21.4 Å². The lowest BCUT2D eigenvalue weighted by molar-refractivity contribution is -0.143. The molecule has 2 rings (SSSR count). The number of carboxylic acid groups (broad SMARTS) is 1. The van der Waals surface area contributed by atoms with Gasteiger partial charge in [0.1, 0.15) is 5.75 Å². The van der Waals surface area contributed by atoms with Crippen molar-refractivity contribution in [3.8, 4) is 5.75 Å². The molecule has 0 bridgehead atoms. The number of halogens is 1. The van der Waals surface area contributed by atoms with Crippen LogP contribution < -0.4 is 10.1 Å². The Morgan fingerprint density at radius 2 is 2.26 bits per heavy atom. The van der Waals surface area contributed by atoms with Crippen LogP contribution in [-0.2, 0) is 4.79 Å². The molecule has 2 amide bonds. The number of urea groups is 1. The van der Waals surface area contributed by atoms with Crippen LogP contribution in [0.4, 0.5) is 10.5 Å². The number of carbonyl (C=O) groups is 2. The largest absolute Gasteiger partial charge is 0.491 e. The number of likely N-dealkylation sites (tertiary alicyclic amines) is 1. The van der Waals surface area contributed by atoms with E-state index in [1.807, 2.05) is 6.92 Å². The third kappa shape index (κ3) is 4.76. The number of anilines is 1. The number of carbonyl (C=O) groups excluding carboxylic acids is 1. The maximum Gasteiger partial charge on any atom is 0.321 e. The monoisotopic (exact) mass is 340 g/mol. The van der Waals surface area contributed by atoms with Crippen LogP contribution in [0, 0.1) is 5.92 Å². The summed E-state index contributed by atoms with van der Waals surface area (Å²) in [6.07, 6.45) is 2.13. The van der Waals surface area contributed by atoms with Gasteiger partial charge in [0.05, 0.1) is 18.2 Å². The average Bonchev–Trinajstić information content (AvgIpc) is 2.54. The Bertz CT molecular complexity index is 579. The fraction of sp³-hybridized carbons (Fsp3) is 0.500. The third-order valence-corrected chi connectivity index (χ3v) is 3.94. The van der Waals surface area contributed by atoms with Crippen LogP contribution in [0.5, 0.6) is 5.75 Å². The zero-order valence-corrected chi connectivity index (χ0v) is 13.8. The number of amides is 2. The van der Waals surface area contributed by atoms with Gasteiger partial charge in [-0.3, -0.25) is 4.79 Å². The standard InChI is InChI=1S/C16H21ClN2O4/c1-2-8-23-14-6-5-12(17)9-13(14)18-16(22)19-7-3-4-11(10-19)15(20)21/h5-6,9,11H,2-4,7-8,10H2,1H3,(H,18,22)(H,20,21). The second-order valence-electron chi connectivity index (χ2n) is 5.54. The number of rotatable bonds is 5. The Balaban J connectivity index is 2.07. The second-order valence-corrected chi connectivity index (χ2v) is 5.98. The smallest absolute Gasteiger partial charge is 0.321 e. The Hall–Kier alpha value is -1.95. The highest BCUT2D eigenvalue weighted by Crippen LogP contribution is 2.29. The number of nitrogens with zero attached hydrogens (tertiary/aromatic N) is 1. The van der Waals surface area contributed by atoms with Gasteiger partial charge in [-0.25, -0.2) is 4.79 Å². The van der Waals surface area contributed by atoms with Crippen molar-refractivity contribution in [1.29, 1.82) is 0 Å². The van der Waals surface area contributed by atoms with Crippen molar-refractivity contribution in [2.75, 3.05) is 25.0 Å². The van der Waals surface area contributed by atoms with E-state index in [9.17, 15) is 9.59 Å². The first-order chi connectivity index (χ1) is 11.0. The van der Waals surface area contributed by atoms with E-state index in [0.29, 0.717) is 42.5 Å². The summed E-state index contributed by atoms with van der Waals surface area (Å²) in [5.74, 6) is -0.821. The van der Waals surface area contributed by atoms with Gasteiger partial charge in [-0.2, -0.15) is 0 Å². The molecule has 23 heavy (non-hydrogen) atoms. The topological polar surface area (TPSA) is 78.9 Å². The molecule has 0 spiro atoms. The molecule has 1 atom stereocenters. The molecule has 1 saturated heterocycles. The van der Waals surface area contributed by atoms with Crippen LogP contribution in [0.2, 0.25) is 5.02 Å². The first-order valence-electron chi connectivity index (χ1n) is 7.72. The summed E-state index contributed by atoms with van der Waals surface area (Å²) in [6, 6.07) is 4.70. The van der Waals surface area contributed by atoms with Gasteiger partial charge in [-0.15, -0.1) is 0 Å². The van der Waals surface area contributed by atoms with Gasteiger partial charge < -0.3 is 20.1 Å². The second kappa shape index (κ2) is 8.06. The van der Waals surface area contributed by atoms with Crippen LogP contribution >= 0.6 is 11.6 Å². The van der Waals surface area contributed by atoms with Crippen LogP contribution in [0.1, 0.15) is 26.2 Å². The molecule has 6 nitrogen and oxygen atoms in total. The summed E-state index contributed by atoms with van der Waals surface area (Å²) in [5.41, 5.74) is 0.494. The number of aliphatic carboxylic acids is 1. The van der Waals surface area contributed by atoms with Gasteiger partial charge in [-0.1, -0.05) is 18.5 Å². The quantitative estimate of drug-likeness (QED) is 0.860. The van der Waals surface area contributed by atoms with Crippen molar-refractivity contribution in [2.24, 2.45) is 5.92 Å². The molecular formula is C16H21ClN2O4. The predicted octanol–water partition coefficient (Wildman–Crippen LogP) is 3.46. The maximum absolute atomic E-state index is 12.4. The minimum absolute atomic E-state index is 0.215. The van der Waals surface area contributed by atoms with Gasteiger partial charge in [-0.05, 0) is 37.5 Å². The molecule has 126 valence electrons. The zero-order chi connectivity index (χ0) is 16.8. The van der Waals surface area contributed by atoms with Crippen molar-refractivity contribution in [1.82, 2.24) is 4.90 Å². The minimum Gasteiger partial charge on any atom is -0.491 e. The van der Waals surface area contributed by atoms with E-state index in [1.54, 1.807) is 18.2 Å². The Morgan fingerprint density at radius 1 is 1.48 bits per heavy atom. The van der Waals surface area contributed by atoms with Crippen molar-refractivity contribution < 1.29 is 19.4 Å². The van der Waals surface area contributed by atoms with Gasteiger partial charge in [0.15, 0.2) is 0 Å². The van der Waals surface area contributed by atoms with E-state index >= 15 is 0 Å². The molecule has 1 heterocycles. The zero-order valence-electron chi connectivity index (χ0n) is 13.0. The van der Waals surface area contributed by atoms with Crippen molar-refractivity contribution in [2.45, 2.75) is 26.2 Å². The molecule has 1 aromatic rings. The molecule has 1 fully saturated rings. The molecule has 0 radical (unpaired) electrons. The van der Waals surface area contributed by atoms with Gasteiger partial charge >= 0.3 is 12.0 Å². The Morgan fingerprint density at radius 3 is 2.96 bits per heavy atom. The number of hydrogen-bond donors (Lipinski definition) is 2. The lowest BCUT2D eigenvalue weighted by atomic mass is 9.99. The number of benzene rings is 1. The summed E-state index contributed by atoms with van der Waals surface area (Å²) >= 11 is 5.99. The first kappa shape index (κ1) is 17.4. The van der Waals surface area contributed by atoms with Crippen LogP contribution in [0.15, 0.2) is 18.2 Å². The number of hydrogen-bond acceptors (Lipinski definition) is 3. The van der Waals surface area contributed by atoms with Gasteiger partial charge in [0.2, 0.25) is 0 Å². The summed E-state index contributed by atoms with van der Waals surface area (Å²) in [5, 5.41) is 12.4. The number of nitrogens with one attached hydrogen (secondary N) is 1. The molecular weight excluding hydrogens is 320 g/mol. The molecule has 1 aromatic carbocycles. The molecule has 2 N–H and O–H groups in total. The summed E-state index contributed by atoms with van der Waals surface area (Å²) in [4.78, 5) is 25.0. The lowest BCUT2D eigenvalue weighted by Gasteiger charge is -2.30. The Labute approximate surface area is 140 Å². The summed E-state index contributed by atoms with van der Waals surface area (Å²) < 4.78 is 5.60. The first-order valence-corrected chi connectivity index (χ1v) is 8.10. The maximum atomic E-state index is 12.4. The van der Waals surface area contributed by atoms with Crippen LogP contribution in [0.25, 0.3) is 0 Å². The van der Waals surface area contributed by atoms with Gasteiger partial charge in [0, 0.05) is 18.1 Å². The van der Waals surface area contributed by atoms with E-state index in [1.165, 1.54) is 4.90 Å². The van der Waals surface area contributed by atoms with E-state index in [0.717, 1.165) is 6.42 Å². The van der Waals surface area contributed by atoms with Crippen molar-refractivity contribution in [3.63, 3.8) is 0 Å². The summed E-state index contributed by atoms with van der Waals surface area (Å²) in [6.45, 7) is 3.29. The molecule has 7 heteroatoms. The van der Waals surface area contributed by atoms with Crippen LogP contribution in [-0.4, -0.2) is 41.7 Å². The fourth-order valence-electron chi connectivity index (χ4n) is 2.50. The Kier molecular flexibility index (Phi) is 6.10. The SMILES string of the molecule is CCCOc1ccc(Cl)cc1NC(=O)N1CCCC(C(=O)O)C1. The number of ether oxygens (including phenoxy) is 1. The third-order valence-electron chi connectivity index (χ3n) is 3.70. The van der Waals surface area contributed by atoms with E-state index in [2.05, 4.69) is 5.32 Å². The highest BCUT2D eigenvalue weighted by molar-refractivity contribution is 6.31. The average molecular weight is 341 g/mol. The predicted molar refractivity (Wildman–Crippen MR) is 88.2 cm³/mol. The van der Waals surface area contributed by atoms with E-state index < -0.39 is 11.9 Å². The molecule has 1 unspecified atom stereocenters.